The summed E-state index contributed by atoms with van der Waals surface area (Å²) in [4.78, 5) is 0. The van der Waals surface area contributed by atoms with Gasteiger partial charge in [0.25, 0.3) is 0 Å². The number of nitrogens with zero attached hydrogens (tertiary/aromatic N) is 1. The molecule has 3 nitrogen and oxygen atoms in total. The molecule has 0 aliphatic carbocycles. The normalized spacial score (nSPS) is 11.4. The molecule has 2 N–H and O–H groups in total. The Hall–Kier alpha value is -1.79. The molecule has 0 heterocycles. The number of para-hydroxylation sites is 1. The predicted octanol–water partition coefficient (Wildman–Crippen LogP) is 1.52. The molecule has 1 unspecified atom stereocenters. The van der Waals surface area contributed by atoms with Crippen molar-refractivity contribution in [2.24, 2.45) is 0 Å². The molecule has 1 rings (SSSR count). The lowest BCUT2D eigenvalue weighted by molar-refractivity contribution is 0.291. The molecule has 0 aromatic heterocycles. The van der Waals surface area contributed by atoms with Gasteiger partial charge in [-0.05, 0) is 12.1 Å². The van der Waals surface area contributed by atoms with Crippen LogP contribution in [0.4, 0.5) is 5.69 Å². The van der Waals surface area contributed by atoms with Crippen LogP contribution in [0, 0.1) is 11.3 Å². The largest absolute Gasteiger partial charge is 0.394 e. The maximum atomic E-state index is 8.93. The smallest absolute Gasteiger partial charge is 0.101 e. The fourth-order valence-electron chi connectivity index (χ4n) is 1.09. The maximum Gasteiger partial charge on any atom is 0.101 e. The molecule has 0 amide bonds. The summed E-state index contributed by atoms with van der Waals surface area (Å²) < 4.78 is 0. The first-order valence-electron chi connectivity index (χ1n) is 4.31. The van der Waals surface area contributed by atoms with Gasteiger partial charge < -0.3 is 10.4 Å². The summed E-state index contributed by atoms with van der Waals surface area (Å²) in [6.07, 6.45) is 1.61. The Morgan fingerprint density at radius 2 is 2.29 bits per heavy atom. The maximum absolute atomic E-state index is 8.93. The minimum atomic E-state index is -0.218. The van der Waals surface area contributed by atoms with E-state index < -0.39 is 0 Å². The molecular weight excluding hydrogens is 176 g/mol. The van der Waals surface area contributed by atoms with Crippen LogP contribution in [-0.4, -0.2) is 17.8 Å². The summed E-state index contributed by atoms with van der Waals surface area (Å²) in [5.74, 6) is 0. The highest BCUT2D eigenvalue weighted by atomic mass is 16.3. The number of benzene rings is 1. The summed E-state index contributed by atoms with van der Waals surface area (Å²) in [7, 11) is 0. The molecule has 72 valence electrons. The van der Waals surface area contributed by atoms with E-state index in [1.54, 1.807) is 24.3 Å². The number of nitriles is 1. The van der Waals surface area contributed by atoms with E-state index in [1.807, 2.05) is 6.07 Å². The third-order valence-electron chi connectivity index (χ3n) is 1.87. The number of rotatable bonds is 4. The van der Waals surface area contributed by atoms with Gasteiger partial charge in [-0.1, -0.05) is 18.2 Å². The number of anilines is 1. The third kappa shape index (κ3) is 2.35. The van der Waals surface area contributed by atoms with Gasteiger partial charge in [-0.3, -0.25) is 0 Å². The summed E-state index contributed by atoms with van der Waals surface area (Å²) in [5, 5.41) is 20.7. The van der Waals surface area contributed by atoms with E-state index in [0.717, 1.165) is 0 Å². The van der Waals surface area contributed by atoms with Crippen molar-refractivity contribution in [3.63, 3.8) is 0 Å². The highest BCUT2D eigenvalue weighted by Gasteiger charge is 2.04. The van der Waals surface area contributed by atoms with Crippen LogP contribution in [0.25, 0.3) is 0 Å². The lowest BCUT2D eigenvalue weighted by Gasteiger charge is -2.13. The Labute approximate surface area is 83.3 Å². The quantitative estimate of drug-likeness (QED) is 0.704. The average Bonchev–Trinajstić information content (AvgIpc) is 2.26. The summed E-state index contributed by atoms with van der Waals surface area (Å²) in [6, 6.07) is 9.00. The zero-order chi connectivity index (χ0) is 10.4. The monoisotopic (exact) mass is 188 g/mol. The molecule has 3 heteroatoms. The lowest BCUT2D eigenvalue weighted by atomic mass is 10.2. The minimum absolute atomic E-state index is 0.0384. The van der Waals surface area contributed by atoms with Crippen LogP contribution in [0.2, 0.25) is 0 Å². The fraction of sp³-hybridized carbons (Fsp3) is 0.182. The van der Waals surface area contributed by atoms with Gasteiger partial charge in [-0.15, -0.1) is 6.58 Å². The number of hydrogen-bond donors (Lipinski definition) is 2. The number of aliphatic hydroxyl groups is 1. The van der Waals surface area contributed by atoms with Crippen molar-refractivity contribution < 1.29 is 5.11 Å². The Morgan fingerprint density at radius 1 is 1.57 bits per heavy atom. The zero-order valence-electron chi connectivity index (χ0n) is 7.77. The molecule has 0 aliphatic heterocycles. The molecule has 0 aliphatic rings. The van der Waals surface area contributed by atoms with Crippen LogP contribution in [0.1, 0.15) is 5.56 Å². The van der Waals surface area contributed by atoms with Crippen molar-refractivity contribution in [1.82, 2.24) is 0 Å². The summed E-state index contributed by atoms with van der Waals surface area (Å²) >= 11 is 0. The highest BCUT2D eigenvalue weighted by Crippen LogP contribution is 2.14. The Balaban J connectivity index is 2.85. The molecule has 0 saturated heterocycles. The topological polar surface area (TPSA) is 56.0 Å². The van der Waals surface area contributed by atoms with Crippen LogP contribution < -0.4 is 5.32 Å². The van der Waals surface area contributed by atoms with Crippen molar-refractivity contribution in [3.8, 4) is 6.07 Å². The minimum Gasteiger partial charge on any atom is -0.394 e. The molecule has 0 fully saturated rings. The zero-order valence-corrected chi connectivity index (χ0v) is 7.77. The van der Waals surface area contributed by atoms with Gasteiger partial charge in [-0.25, -0.2) is 0 Å². The van der Waals surface area contributed by atoms with Crippen molar-refractivity contribution in [3.05, 3.63) is 42.5 Å². The first-order valence-corrected chi connectivity index (χ1v) is 4.31. The van der Waals surface area contributed by atoms with Gasteiger partial charge in [0.1, 0.15) is 6.07 Å². The van der Waals surface area contributed by atoms with E-state index in [4.69, 9.17) is 10.4 Å². The van der Waals surface area contributed by atoms with Gasteiger partial charge in [0.05, 0.1) is 23.9 Å². The second-order valence-electron chi connectivity index (χ2n) is 2.83. The summed E-state index contributed by atoms with van der Waals surface area (Å²) in [6.45, 7) is 3.54. The second-order valence-corrected chi connectivity index (χ2v) is 2.83. The lowest BCUT2D eigenvalue weighted by Crippen LogP contribution is -2.21. The van der Waals surface area contributed by atoms with Gasteiger partial charge in [0, 0.05) is 0 Å². The molecule has 1 atom stereocenters. The highest BCUT2D eigenvalue weighted by molar-refractivity contribution is 5.58. The Bertz CT molecular complexity index is 355. The van der Waals surface area contributed by atoms with Crippen LogP contribution in [0.3, 0.4) is 0 Å². The van der Waals surface area contributed by atoms with E-state index in [1.165, 1.54) is 0 Å². The number of hydrogen-bond acceptors (Lipinski definition) is 3. The van der Waals surface area contributed by atoms with E-state index >= 15 is 0 Å². The first kappa shape index (κ1) is 10.3. The number of nitrogens with one attached hydrogen (secondary N) is 1. The van der Waals surface area contributed by atoms with Crippen molar-refractivity contribution in [2.75, 3.05) is 11.9 Å². The Morgan fingerprint density at radius 3 is 2.86 bits per heavy atom. The fourth-order valence-corrected chi connectivity index (χ4v) is 1.09. The van der Waals surface area contributed by atoms with Crippen molar-refractivity contribution in [2.45, 2.75) is 6.04 Å². The number of aliphatic hydroxyl groups excluding tert-OH is 1. The van der Waals surface area contributed by atoms with E-state index in [2.05, 4.69) is 18.0 Å². The molecular formula is C11H12N2O. The molecule has 0 saturated carbocycles. The average molecular weight is 188 g/mol. The molecule has 0 spiro atoms. The van der Waals surface area contributed by atoms with Crippen LogP contribution in [0.15, 0.2) is 36.9 Å². The van der Waals surface area contributed by atoms with E-state index in [-0.39, 0.29) is 12.6 Å². The van der Waals surface area contributed by atoms with Gasteiger partial charge in [0.2, 0.25) is 0 Å². The van der Waals surface area contributed by atoms with Crippen LogP contribution in [-0.2, 0) is 0 Å². The second kappa shape index (κ2) is 5.05. The third-order valence-corrected chi connectivity index (χ3v) is 1.87. The summed E-state index contributed by atoms with van der Waals surface area (Å²) in [5.41, 5.74) is 1.28. The van der Waals surface area contributed by atoms with E-state index in [0.29, 0.717) is 11.3 Å². The molecule has 1 aromatic rings. The first-order chi connectivity index (χ1) is 6.81. The van der Waals surface area contributed by atoms with Gasteiger partial charge in [0.15, 0.2) is 0 Å². The molecule has 0 radical (unpaired) electrons. The molecule has 14 heavy (non-hydrogen) atoms. The Kier molecular flexibility index (Phi) is 3.71. The van der Waals surface area contributed by atoms with Crippen LogP contribution >= 0.6 is 0 Å². The SMILES string of the molecule is C=CC(CO)Nc1ccccc1C#N. The van der Waals surface area contributed by atoms with E-state index in [9.17, 15) is 0 Å². The molecule has 0 bridgehead atoms. The van der Waals surface area contributed by atoms with Crippen molar-refractivity contribution in [1.29, 1.82) is 5.26 Å². The van der Waals surface area contributed by atoms with Crippen molar-refractivity contribution >= 4 is 5.69 Å². The van der Waals surface area contributed by atoms with Crippen LogP contribution in [0.5, 0.6) is 0 Å². The predicted molar refractivity (Wildman–Crippen MR) is 55.9 cm³/mol. The van der Waals surface area contributed by atoms with Gasteiger partial charge >= 0.3 is 0 Å². The molecule has 1 aromatic carbocycles. The van der Waals surface area contributed by atoms with Gasteiger partial charge in [-0.2, -0.15) is 5.26 Å². The standard InChI is InChI=1S/C11H12N2O/c1-2-10(8-14)13-11-6-4-3-5-9(11)7-12/h2-6,10,13-14H,1,8H2.